The summed E-state index contributed by atoms with van der Waals surface area (Å²) in [5.74, 6) is 0. The number of benzene rings is 1. The van der Waals surface area contributed by atoms with Crippen LogP contribution < -0.4 is 10.0 Å². The van der Waals surface area contributed by atoms with Gasteiger partial charge >= 0.3 is 0 Å². The lowest BCUT2D eigenvalue weighted by molar-refractivity contribution is 0.530. The van der Waals surface area contributed by atoms with E-state index in [4.69, 9.17) is 0 Å². The molecule has 0 aromatic heterocycles. The lowest BCUT2D eigenvalue weighted by Crippen LogP contribution is -2.33. The van der Waals surface area contributed by atoms with E-state index in [9.17, 15) is 8.42 Å². The average molecular weight is 312 g/mol. The van der Waals surface area contributed by atoms with E-state index in [0.29, 0.717) is 4.90 Å². The first-order valence-electron chi connectivity index (χ1n) is 7.85. The first kappa shape index (κ1) is 18.1. The highest BCUT2D eigenvalue weighted by molar-refractivity contribution is 7.89. The van der Waals surface area contributed by atoms with Gasteiger partial charge in [0.15, 0.2) is 0 Å². The molecule has 0 aliphatic carbocycles. The molecule has 1 aromatic carbocycles. The van der Waals surface area contributed by atoms with Crippen molar-refractivity contribution in [3.05, 3.63) is 29.8 Å². The number of aryl methyl sites for hydroxylation is 1. The minimum Gasteiger partial charge on any atom is -0.317 e. The Hall–Kier alpha value is -0.910. The molecule has 0 aliphatic heterocycles. The zero-order chi connectivity index (χ0) is 15.7. The summed E-state index contributed by atoms with van der Waals surface area (Å²) >= 11 is 0. The van der Waals surface area contributed by atoms with Gasteiger partial charge in [0, 0.05) is 6.04 Å². The molecule has 0 saturated heterocycles. The molecule has 0 spiro atoms. The van der Waals surface area contributed by atoms with Crippen molar-refractivity contribution in [2.24, 2.45) is 0 Å². The Morgan fingerprint density at radius 2 is 1.67 bits per heavy atom. The number of hydrogen-bond acceptors (Lipinski definition) is 3. The van der Waals surface area contributed by atoms with Crippen LogP contribution in [0, 0.1) is 0 Å². The molecular weight excluding hydrogens is 284 g/mol. The molecule has 120 valence electrons. The largest absolute Gasteiger partial charge is 0.317 e. The number of sulfonamides is 1. The Balaban J connectivity index is 2.64. The predicted octanol–water partition coefficient (Wildman–Crippen LogP) is 2.70. The van der Waals surface area contributed by atoms with Crippen molar-refractivity contribution in [1.82, 2.24) is 10.0 Å². The summed E-state index contributed by atoms with van der Waals surface area (Å²) in [4.78, 5) is 0.352. The summed E-state index contributed by atoms with van der Waals surface area (Å²) < 4.78 is 27.3. The molecule has 1 rings (SSSR count). The van der Waals surface area contributed by atoms with Gasteiger partial charge in [-0.2, -0.15) is 0 Å². The SMILES string of the molecule is CCNCCCc1ccc(S(=O)(=O)NC(CC)CC)cc1. The van der Waals surface area contributed by atoms with E-state index < -0.39 is 10.0 Å². The molecular formula is C16H28N2O2S. The van der Waals surface area contributed by atoms with Gasteiger partial charge < -0.3 is 5.32 Å². The fourth-order valence-electron chi connectivity index (χ4n) is 2.17. The Morgan fingerprint density at radius 3 is 2.19 bits per heavy atom. The Kier molecular flexibility index (Phi) is 7.93. The monoisotopic (exact) mass is 312 g/mol. The van der Waals surface area contributed by atoms with Crippen LogP contribution in [0.2, 0.25) is 0 Å². The fraction of sp³-hybridized carbons (Fsp3) is 0.625. The predicted molar refractivity (Wildman–Crippen MR) is 88.0 cm³/mol. The molecule has 0 atom stereocenters. The summed E-state index contributed by atoms with van der Waals surface area (Å²) in [5.41, 5.74) is 1.18. The quantitative estimate of drug-likeness (QED) is 0.653. The van der Waals surface area contributed by atoms with Crippen molar-refractivity contribution in [3.8, 4) is 0 Å². The van der Waals surface area contributed by atoms with Gasteiger partial charge in [-0.3, -0.25) is 0 Å². The van der Waals surface area contributed by atoms with Crippen LogP contribution >= 0.6 is 0 Å². The van der Waals surface area contributed by atoms with Crippen LogP contribution in [0.3, 0.4) is 0 Å². The number of hydrogen-bond donors (Lipinski definition) is 2. The smallest absolute Gasteiger partial charge is 0.240 e. The lowest BCUT2D eigenvalue weighted by Gasteiger charge is -2.15. The minimum absolute atomic E-state index is 0.00907. The zero-order valence-corrected chi connectivity index (χ0v) is 14.2. The molecule has 2 N–H and O–H groups in total. The van der Waals surface area contributed by atoms with Crippen molar-refractivity contribution >= 4 is 10.0 Å². The summed E-state index contributed by atoms with van der Waals surface area (Å²) in [7, 11) is -3.39. The van der Waals surface area contributed by atoms with Gasteiger partial charge in [0.2, 0.25) is 10.0 Å². The van der Waals surface area contributed by atoms with Gasteiger partial charge in [0.1, 0.15) is 0 Å². The summed E-state index contributed by atoms with van der Waals surface area (Å²) in [6.07, 6.45) is 3.63. The summed E-state index contributed by atoms with van der Waals surface area (Å²) in [6.45, 7) is 8.05. The van der Waals surface area contributed by atoms with Gasteiger partial charge in [-0.05, 0) is 56.5 Å². The molecule has 4 nitrogen and oxygen atoms in total. The molecule has 0 radical (unpaired) electrons. The standard InChI is InChI=1S/C16H28N2O2S/c1-4-15(5-2)18-21(19,20)16-11-9-14(10-12-16)8-7-13-17-6-3/h9-12,15,17-18H,4-8,13H2,1-3H3. The highest BCUT2D eigenvalue weighted by atomic mass is 32.2. The lowest BCUT2D eigenvalue weighted by atomic mass is 10.1. The third-order valence-corrected chi connectivity index (χ3v) is 5.15. The zero-order valence-electron chi connectivity index (χ0n) is 13.4. The van der Waals surface area contributed by atoms with Gasteiger partial charge in [-0.1, -0.05) is 32.9 Å². The third-order valence-electron chi connectivity index (χ3n) is 3.61. The van der Waals surface area contributed by atoms with E-state index in [0.717, 1.165) is 38.8 Å². The van der Waals surface area contributed by atoms with E-state index in [-0.39, 0.29) is 6.04 Å². The van der Waals surface area contributed by atoms with Crippen LogP contribution in [0.15, 0.2) is 29.2 Å². The van der Waals surface area contributed by atoms with E-state index in [1.165, 1.54) is 5.56 Å². The Morgan fingerprint density at radius 1 is 1.05 bits per heavy atom. The van der Waals surface area contributed by atoms with Crippen molar-refractivity contribution in [3.63, 3.8) is 0 Å². The van der Waals surface area contributed by atoms with Crippen LogP contribution in [0.5, 0.6) is 0 Å². The van der Waals surface area contributed by atoms with Crippen molar-refractivity contribution in [2.45, 2.75) is 57.4 Å². The molecule has 0 saturated carbocycles. The molecule has 0 unspecified atom stereocenters. The number of rotatable bonds is 10. The second-order valence-electron chi connectivity index (χ2n) is 5.24. The van der Waals surface area contributed by atoms with Crippen LogP contribution in [-0.4, -0.2) is 27.5 Å². The van der Waals surface area contributed by atoms with Gasteiger partial charge in [0.25, 0.3) is 0 Å². The normalized spacial score (nSPS) is 12.0. The molecule has 0 aliphatic rings. The molecule has 0 amide bonds. The maximum absolute atomic E-state index is 12.2. The molecule has 21 heavy (non-hydrogen) atoms. The molecule has 0 heterocycles. The first-order valence-corrected chi connectivity index (χ1v) is 9.33. The van der Waals surface area contributed by atoms with Crippen molar-refractivity contribution in [1.29, 1.82) is 0 Å². The van der Waals surface area contributed by atoms with Crippen LogP contribution in [-0.2, 0) is 16.4 Å². The van der Waals surface area contributed by atoms with Crippen LogP contribution in [0.4, 0.5) is 0 Å². The van der Waals surface area contributed by atoms with E-state index in [2.05, 4.69) is 17.0 Å². The highest BCUT2D eigenvalue weighted by Crippen LogP contribution is 2.13. The van der Waals surface area contributed by atoms with E-state index in [1.54, 1.807) is 12.1 Å². The Labute approximate surface area is 129 Å². The minimum atomic E-state index is -3.39. The maximum atomic E-state index is 12.2. The second-order valence-corrected chi connectivity index (χ2v) is 6.95. The Bertz CT molecular complexity index is 494. The van der Waals surface area contributed by atoms with Gasteiger partial charge in [-0.25, -0.2) is 13.1 Å². The fourth-order valence-corrected chi connectivity index (χ4v) is 3.57. The summed E-state index contributed by atoms with van der Waals surface area (Å²) in [5, 5.41) is 3.28. The average Bonchev–Trinajstić information content (AvgIpc) is 2.49. The van der Waals surface area contributed by atoms with Crippen LogP contribution in [0.1, 0.15) is 45.6 Å². The third kappa shape index (κ3) is 6.16. The highest BCUT2D eigenvalue weighted by Gasteiger charge is 2.17. The first-order chi connectivity index (χ1) is 10.0. The molecule has 5 heteroatoms. The molecule has 1 aromatic rings. The molecule has 0 bridgehead atoms. The van der Waals surface area contributed by atoms with Crippen molar-refractivity contribution in [2.75, 3.05) is 13.1 Å². The maximum Gasteiger partial charge on any atom is 0.240 e. The van der Waals surface area contributed by atoms with E-state index in [1.807, 2.05) is 26.0 Å². The summed E-state index contributed by atoms with van der Waals surface area (Å²) in [6, 6.07) is 7.23. The van der Waals surface area contributed by atoms with E-state index >= 15 is 0 Å². The number of nitrogens with one attached hydrogen (secondary N) is 2. The van der Waals surface area contributed by atoms with Gasteiger partial charge in [-0.15, -0.1) is 0 Å². The van der Waals surface area contributed by atoms with Crippen LogP contribution in [0.25, 0.3) is 0 Å². The van der Waals surface area contributed by atoms with Crippen molar-refractivity contribution < 1.29 is 8.42 Å². The topological polar surface area (TPSA) is 58.2 Å². The molecule has 0 fully saturated rings. The second kappa shape index (κ2) is 9.18. The van der Waals surface area contributed by atoms with Gasteiger partial charge in [0.05, 0.1) is 4.90 Å².